The Balaban J connectivity index is 2.92. The Kier molecular flexibility index (Phi) is 4.39. The number of carbonyl (C=O) groups is 1. The largest absolute Gasteiger partial charge is 0.324 e. The average Bonchev–Trinajstić information content (AvgIpc) is 2.64. The molecule has 0 bridgehead atoms. The average molecular weight is 220 g/mol. The van der Waals surface area contributed by atoms with Crippen LogP contribution in [0.25, 0.3) is 0 Å². The van der Waals surface area contributed by atoms with Crippen molar-refractivity contribution in [2.45, 2.75) is 13.5 Å². The first kappa shape index (κ1) is 12.1. The van der Waals surface area contributed by atoms with Crippen LogP contribution in [0.1, 0.15) is 17.4 Å². The van der Waals surface area contributed by atoms with E-state index in [0.717, 1.165) is 5.57 Å². The summed E-state index contributed by atoms with van der Waals surface area (Å²) in [6.45, 7) is 5.31. The van der Waals surface area contributed by atoms with Crippen molar-refractivity contribution in [1.82, 2.24) is 9.55 Å². The summed E-state index contributed by atoms with van der Waals surface area (Å²) in [6, 6.07) is 0. The maximum atomic E-state index is 12.8. The summed E-state index contributed by atoms with van der Waals surface area (Å²) in [7, 11) is 0. The van der Waals surface area contributed by atoms with Crippen molar-refractivity contribution in [2.24, 2.45) is 0 Å². The van der Waals surface area contributed by atoms with Crippen LogP contribution in [0.4, 0.5) is 4.39 Å². The lowest BCUT2D eigenvalue weighted by Crippen LogP contribution is -2.02. The van der Waals surface area contributed by atoms with Crippen molar-refractivity contribution in [2.75, 3.05) is 0 Å². The summed E-state index contributed by atoms with van der Waals surface area (Å²) in [6.07, 6.45) is 8.37. The smallest absolute Gasteiger partial charge is 0.168 e. The van der Waals surface area contributed by atoms with Gasteiger partial charge in [0.1, 0.15) is 5.69 Å². The third-order valence-electron chi connectivity index (χ3n) is 1.93. The second kappa shape index (κ2) is 5.80. The zero-order valence-corrected chi connectivity index (χ0v) is 9.06. The normalized spacial score (nSPS) is 12.6. The van der Waals surface area contributed by atoms with Crippen LogP contribution in [0.3, 0.4) is 0 Å². The van der Waals surface area contributed by atoms with E-state index in [1.54, 1.807) is 16.7 Å². The molecule has 1 rings (SSSR count). The number of rotatable bonds is 5. The minimum atomic E-state index is -0.291. The number of carbonyl (C=O) groups excluding carboxylic acids is 1. The Labute approximate surface area is 93.6 Å². The zero-order valence-electron chi connectivity index (χ0n) is 9.06. The molecule has 0 saturated carbocycles. The molecule has 0 radical (unpaired) electrons. The van der Waals surface area contributed by atoms with Crippen molar-refractivity contribution >= 4 is 6.29 Å². The van der Waals surface area contributed by atoms with Gasteiger partial charge in [-0.15, -0.1) is 0 Å². The van der Waals surface area contributed by atoms with Crippen LogP contribution in [0.2, 0.25) is 0 Å². The predicted octanol–water partition coefficient (Wildman–Crippen LogP) is 2.68. The van der Waals surface area contributed by atoms with Gasteiger partial charge in [-0.05, 0) is 18.6 Å². The number of imidazole rings is 1. The highest BCUT2D eigenvalue weighted by Crippen LogP contribution is 2.08. The SMILES string of the molecule is C=C/C=C(\C=C(/C)F)Cn1cncc1C=O. The van der Waals surface area contributed by atoms with Crippen molar-refractivity contribution in [3.05, 3.63) is 54.4 Å². The fourth-order valence-corrected chi connectivity index (χ4v) is 1.31. The number of hydrogen-bond donors (Lipinski definition) is 0. The molecule has 0 aromatic carbocycles. The molecule has 16 heavy (non-hydrogen) atoms. The van der Waals surface area contributed by atoms with Gasteiger partial charge in [0.2, 0.25) is 0 Å². The lowest BCUT2D eigenvalue weighted by atomic mass is 10.2. The first-order chi connectivity index (χ1) is 7.67. The van der Waals surface area contributed by atoms with Gasteiger partial charge >= 0.3 is 0 Å². The van der Waals surface area contributed by atoms with Gasteiger partial charge in [-0.3, -0.25) is 4.79 Å². The Hall–Kier alpha value is -1.97. The van der Waals surface area contributed by atoms with Crippen LogP contribution in [0, 0.1) is 0 Å². The molecule has 0 amide bonds. The number of hydrogen-bond acceptors (Lipinski definition) is 2. The molecular formula is C12H13FN2O. The Morgan fingerprint density at radius 2 is 2.44 bits per heavy atom. The van der Waals surface area contributed by atoms with E-state index >= 15 is 0 Å². The van der Waals surface area contributed by atoms with Crippen LogP contribution in [-0.2, 0) is 6.54 Å². The van der Waals surface area contributed by atoms with Gasteiger partial charge in [-0.2, -0.15) is 0 Å². The van der Waals surface area contributed by atoms with Crippen LogP contribution in [-0.4, -0.2) is 15.8 Å². The molecule has 0 N–H and O–H groups in total. The molecule has 1 aromatic heterocycles. The van der Waals surface area contributed by atoms with E-state index in [4.69, 9.17) is 0 Å². The maximum absolute atomic E-state index is 12.8. The summed E-state index contributed by atoms with van der Waals surface area (Å²) in [5, 5.41) is 0. The number of allylic oxidation sites excluding steroid dienone is 5. The first-order valence-corrected chi connectivity index (χ1v) is 4.78. The fourth-order valence-electron chi connectivity index (χ4n) is 1.31. The standard InChI is InChI=1S/C12H13FN2O/c1-3-4-11(5-10(2)13)7-15-9-14-6-12(15)8-16/h3-6,8-9H,1,7H2,2H3/b10-5+,11-4+. The monoisotopic (exact) mass is 220 g/mol. The number of halogens is 1. The van der Waals surface area contributed by atoms with E-state index in [1.807, 2.05) is 0 Å². The third-order valence-corrected chi connectivity index (χ3v) is 1.93. The quantitative estimate of drug-likeness (QED) is 0.565. The van der Waals surface area contributed by atoms with Gasteiger partial charge < -0.3 is 4.57 Å². The Bertz CT molecular complexity index is 440. The van der Waals surface area contributed by atoms with E-state index in [1.165, 1.54) is 25.5 Å². The second-order valence-electron chi connectivity index (χ2n) is 3.27. The molecule has 0 saturated heterocycles. The van der Waals surface area contributed by atoms with Crippen molar-refractivity contribution in [3.8, 4) is 0 Å². The van der Waals surface area contributed by atoms with Gasteiger partial charge in [-0.1, -0.05) is 18.7 Å². The van der Waals surface area contributed by atoms with E-state index in [0.29, 0.717) is 18.5 Å². The molecule has 3 nitrogen and oxygen atoms in total. The molecule has 0 aliphatic carbocycles. The van der Waals surface area contributed by atoms with Gasteiger partial charge in [0.15, 0.2) is 6.29 Å². The molecule has 0 spiro atoms. The lowest BCUT2D eigenvalue weighted by molar-refractivity contribution is 0.111. The maximum Gasteiger partial charge on any atom is 0.168 e. The van der Waals surface area contributed by atoms with E-state index in [9.17, 15) is 9.18 Å². The Morgan fingerprint density at radius 3 is 3.00 bits per heavy atom. The summed E-state index contributed by atoms with van der Waals surface area (Å²) in [5.74, 6) is -0.291. The van der Waals surface area contributed by atoms with E-state index in [-0.39, 0.29) is 5.83 Å². The molecule has 0 aliphatic rings. The van der Waals surface area contributed by atoms with Gasteiger partial charge in [0.05, 0.1) is 18.4 Å². The molecule has 0 fully saturated rings. The van der Waals surface area contributed by atoms with Crippen LogP contribution in [0.15, 0.2) is 48.7 Å². The molecule has 4 heteroatoms. The molecule has 0 atom stereocenters. The molecule has 1 heterocycles. The first-order valence-electron chi connectivity index (χ1n) is 4.78. The fraction of sp³-hybridized carbons (Fsp3) is 0.167. The number of nitrogens with zero attached hydrogens (tertiary/aromatic N) is 2. The van der Waals surface area contributed by atoms with E-state index < -0.39 is 0 Å². The van der Waals surface area contributed by atoms with Gasteiger partial charge in [0.25, 0.3) is 0 Å². The molecule has 1 aromatic rings. The molecule has 84 valence electrons. The molecule has 0 unspecified atom stereocenters. The summed E-state index contributed by atoms with van der Waals surface area (Å²) in [5.41, 5.74) is 1.18. The number of aromatic nitrogens is 2. The summed E-state index contributed by atoms with van der Waals surface area (Å²) in [4.78, 5) is 14.5. The highest BCUT2D eigenvalue weighted by atomic mass is 19.1. The zero-order chi connectivity index (χ0) is 12.0. The van der Waals surface area contributed by atoms with Crippen molar-refractivity contribution < 1.29 is 9.18 Å². The minimum absolute atomic E-state index is 0.291. The summed E-state index contributed by atoms with van der Waals surface area (Å²) >= 11 is 0. The van der Waals surface area contributed by atoms with Crippen molar-refractivity contribution in [3.63, 3.8) is 0 Å². The second-order valence-corrected chi connectivity index (χ2v) is 3.27. The number of aldehydes is 1. The summed E-state index contributed by atoms with van der Waals surface area (Å²) < 4.78 is 14.4. The van der Waals surface area contributed by atoms with Crippen LogP contribution < -0.4 is 0 Å². The minimum Gasteiger partial charge on any atom is -0.324 e. The van der Waals surface area contributed by atoms with E-state index in [2.05, 4.69) is 11.6 Å². The topological polar surface area (TPSA) is 34.9 Å². The highest BCUT2D eigenvalue weighted by molar-refractivity contribution is 5.71. The highest BCUT2D eigenvalue weighted by Gasteiger charge is 2.02. The Morgan fingerprint density at radius 1 is 1.69 bits per heavy atom. The van der Waals surface area contributed by atoms with Crippen molar-refractivity contribution in [1.29, 1.82) is 0 Å². The van der Waals surface area contributed by atoms with Gasteiger partial charge in [0, 0.05) is 6.54 Å². The predicted molar refractivity (Wildman–Crippen MR) is 60.8 cm³/mol. The van der Waals surface area contributed by atoms with Crippen LogP contribution >= 0.6 is 0 Å². The molecule has 0 aliphatic heterocycles. The lowest BCUT2D eigenvalue weighted by Gasteiger charge is -2.05. The third kappa shape index (κ3) is 3.31. The van der Waals surface area contributed by atoms with Crippen LogP contribution in [0.5, 0.6) is 0 Å². The van der Waals surface area contributed by atoms with Gasteiger partial charge in [-0.25, -0.2) is 9.37 Å². The molecular weight excluding hydrogens is 207 g/mol.